The number of nitrogens with zero attached hydrogens (tertiary/aromatic N) is 1. The normalized spacial score (nSPS) is 16.5. The van der Waals surface area contributed by atoms with Crippen LogP contribution in [0.4, 0.5) is 10.1 Å². The van der Waals surface area contributed by atoms with Gasteiger partial charge in [0.2, 0.25) is 0 Å². The van der Waals surface area contributed by atoms with Crippen LogP contribution in [-0.2, 0) is 20.4 Å². The number of amides is 2. The largest absolute Gasteiger partial charge is 0.507 e. The van der Waals surface area contributed by atoms with Crippen LogP contribution in [-0.4, -0.2) is 22.0 Å². The smallest absolute Gasteiger partial charge is 0.270 e. The van der Waals surface area contributed by atoms with Gasteiger partial charge in [0, 0.05) is 11.1 Å². The Labute approximate surface area is 192 Å². The molecule has 168 valence electrons. The maximum absolute atomic E-state index is 13.7. The number of thiocarbonyl (C=S) groups is 1. The van der Waals surface area contributed by atoms with E-state index in [0.29, 0.717) is 16.7 Å². The van der Waals surface area contributed by atoms with Crippen LogP contribution in [0, 0.1) is 5.82 Å². The Hall–Kier alpha value is -3.06. The number of phenolic OH excluding ortho intramolecular Hbond substituents is 1. The molecule has 1 fully saturated rings. The summed E-state index contributed by atoms with van der Waals surface area (Å²) in [5.74, 6) is -1.60. The molecule has 2 aromatic rings. The van der Waals surface area contributed by atoms with Crippen molar-refractivity contribution < 1.29 is 19.1 Å². The molecular weight excluding hydrogens is 427 g/mol. The number of hydrogen-bond donors (Lipinski definition) is 2. The summed E-state index contributed by atoms with van der Waals surface area (Å²) in [6.07, 6.45) is 1.48. The topological polar surface area (TPSA) is 69.6 Å². The van der Waals surface area contributed by atoms with Gasteiger partial charge in [-0.1, -0.05) is 47.6 Å². The van der Waals surface area contributed by atoms with E-state index in [1.807, 2.05) is 41.5 Å². The Bertz CT molecular complexity index is 1120. The highest BCUT2D eigenvalue weighted by Crippen LogP contribution is 2.40. The van der Waals surface area contributed by atoms with E-state index in [2.05, 4.69) is 5.32 Å². The summed E-state index contributed by atoms with van der Waals surface area (Å²) >= 11 is 5.17. The van der Waals surface area contributed by atoms with Gasteiger partial charge in [0.25, 0.3) is 11.8 Å². The zero-order chi connectivity index (χ0) is 24.0. The van der Waals surface area contributed by atoms with Crippen molar-refractivity contribution in [1.29, 1.82) is 0 Å². The van der Waals surface area contributed by atoms with Crippen molar-refractivity contribution >= 4 is 40.9 Å². The first-order chi connectivity index (χ1) is 14.7. The van der Waals surface area contributed by atoms with Crippen molar-refractivity contribution in [3.8, 4) is 5.75 Å². The number of phenols is 1. The molecule has 32 heavy (non-hydrogen) atoms. The number of benzene rings is 2. The summed E-state index contributed by atoms with van der Waals surface area (Å²) < 4.78 is 13.7. The minimum absolute atomic E-state index is 0.112. The molecule has 7 heteroatoms. The molecule has 2 aromatic carbocycles. The van der Waals surface area contributed by atoms with Gasteiger partial charge in [-0.05, 0) is 65.0 Å². The highest BCUT2D eigenvalue weighted by Gasteiger charge is 2.35. The maximum atomic E-state index is 13.7. The second kappa shape index (κ2) is 8.13. The van der Waals surface area contributed by atoms with Gasteiger partial charge >= 0.3 is 0 Å². The van der Waals surface area contributed by atoms with E-state index in [0.717, 1.165) is 4.90 Å². The molecule has 0 spiro atoms. The molecule has 0 unspecified atom stereocenters. The van der Waals surface area contributed by atoms with Gasteiger partial charge < -0.3 is 5.11 Å². The van der Waals surface area contributed by atoms with Crippen LogP contribution in [0.1, 0.15) is 58.2 Å². The van der Waals surface area contributed by atoms with Crippen LogP contribution < -0.4 is 10.2 Å². The van der Waals surface area contributed by atoms with Gasteiger partial charge in [-0.2, -0.15) is 0 Å². The average Bonchev–Trinajstić information content (AvgIpc) is 2.64. The number of halogens is 1. The van der Waals surface area contributed by atoms with Gasteiger partial charge in [-0.3, -0.25) is 19.8 Å². The lowest BCUT2D eigenvalue weighted by molar-refractivity contribution is -0.122. The molecule has 0 bridgehead atoms. The molecule has 0 aromatic heterocycles. The summed E-state index contributed by atoms with van der Waals surface area (Å²) in [6, 6.07) is 8.99. The van der Waals surface area contributed by atoms with E-state index in [4.69, 9.17) is 12.2 Å². The van der Waals surface area contributed by atoms with Crippen LogP contribution >= 0.6 is 12.2 Å². The minimum Gasteiger partial charge on any atom is -0.507 e. The number of carbonyl (C=O) groups is 2. The van der Waals surface area contributed by atoms with E-state index in [9.17, 15) is 19.1 Å². The van der Waals surface area contributed by atoms with Gasteiger partial charge in [0.15, 0.2) is 5.11 Å². The standard InChI is InChI=1S/C25H27FN2O3S/c1-24(2,3)18-11-14(12-19(20(18)29)25(4,5)6)10-17-21(30)27-23(32)28(22(17)31)16-9-7-8-15(26)13-16/h7-13,29H,1-6H3,(H,27,30,32)/b17-10+. The molecule has 0 radical (unpaired) electrons. The van der Waals surface area contributed by atoms with Gasteiger partial charge in [0.1, 0.15) is 17.1 Å². The molecule has 1 heterocycles. The maximum Gasteiger partial charge on any atom is 0.270 e. The number of hydrogen-bond acceptors (Lipinski definition) is 4. The fourth-order valence-corrected chi connectivity index (χ4v) is 3.84. The second-order valence-electron chi connectivity index (χ2n) is 9.90. The molecule has 2 amide bonds. The van der Waals surface area contributed by atoms with Crippen molar-refractivity contribution in [2.75, 3.05) is 4.90 Å². The van der Waals surface area contributed by atoms with E-state index in [1.54, 1.807) is 18.2 Å². The molecule has 0 atom stereocenters. The first-order valence-corrected chi connectivity index (χ1v) is 10.7. The second-order valence-corrected chi connectivity index (χ2v) is 10.3. The predicted molar refractivity (Wildman–Crippen MR) is 128 cm³/mol. The lowest BCUT2D eigenvalue weighted by atomic mass is 9.78. The monoisotopic (exact) mass is 454 g/mol. The van der Waals surface area contributed by atoms with Gasteiger partial charge in [-0.25, -0.2) is 4.39 Å². The van der Waals surface area contributed by atoms with Crippen molar-refractivity contribution in [3.05, 3.63) is 64.5 Å². The molecule has 0 aliphatic carbocycles. The summed E-state index contributed by atoms with van der Waals surface area (Å²) in [7, 11) is 0. The third-order valence-electron chi connectivity index (χ3n) is 5.23. The van der Waals surface area contributed by atoms with Crippen molar-refractivity contribution in [2.24, 2.45) is 0 Å². The number of carbonyl (C=O) groups excluding carboxylic acids is 2. The zero-order valence-corrected chi connectivity index (χ0v) is 19.9. The summed E-state index contributed by atoms with van der Waals surface area (Å²) in [6.45, 7) is 11.9. The Morgan fingerprint density at radius 1 is 1.00 bits per heavy atom. The lowest BCUT2D eigenvalue weighted by Gasteiger charge is -2.30. The minimum atomic E-state index is -0.646. The average molecular weight is 455 g/mol. The predicted octanol–water partition coefficient (Wildman–Crippen LogP) is 4.96. The van der Waals surface area contributed by atoms with Crippen molar-refractivity contribution in [2.45, 2.75) is 52.4 Å². The Morgan fingerprint density at radius 2 is 1.56 bits per heavy atom. The molecule has 3 rings (SSSR count). The molecule has 2 N–H and O–H groups in total. The highest BCUT2D eigenvalue weighted by atomic mass is 32.1. The third kappa shape index (κ3) is 4.58. The molecular formula is C25H27FN2O3S. The summed E-state index contributed by atoms with van der Waals surface area (Å²) in [4.78, 5) is 27.0. The van der Waals surface area contributed by atoms with Crippen LogP contribution in [0.15, 0.2) is 42.0 Å². The SMILES string of the molecule is CC(C)(C)c1cc(/C=C2\C(=O)NC(=S)N(c3cccc(F)c3)C2=O)cc(C(C)(C)C)c1O. The quantitative estimate of drug-likeness (QED) is 0.382. The Morgan fingerprint density at radius 3 is 2.06 bits per heavy atom. The highest BCUT2D eigenvalue weighted by molar-refractivity contribution is 7.80. The van der Waals surface area contributed by atoms with Crippen LogP contribution in [0.3, 0.4) is 0 Å². The molecule has 1 aliphatic rings. The Kier molecular flexibility index (Phi) is 6.00. The van der Waals surface area contributed by atoms with Gasteiger partial charge in [0.05, 0.1) is 5.69 Å². The number of aromatic hydroxyl groups is 1. The van der Waals surface area contributed by atoms with Crippen LogP contribution in [0.5, 0.6) is 5.75 Å². The molecule has 5 nitrogen and oxygen atoms in total. The van der Waals surface area contributed by atoms with Crippen molar-refractivity contribution in [1.82, 2.24) is 5.32 Å². The van der Waals surface area contributed by atoms with Crippen LogP contribution in [0.2, 0.25) is 0 Å². The lowest BCUT2D eigenvalue weighted by Crippen LogP contribution is -2.54. The first-order valence-electron chi connectivity index (χ1n) is 10.2. The first kappa shape index (κ1) is 23.6. The molecule has 1 saturated heterocycles. The zero-order valence-electron chi connectivity index (χ0n) is 19.0. The van der Waals surface area contributed by atoms with Gasteiger partial charge in [-0.15, -0.1) is 0 Å². The number of nitrogens with one attached hydrogen (secondary N) is 1. The van der Waals surface area contributed by atoms with E-state index in [1.165, 1.54) is 24.3 Å². The molecule has 0 saturated carbocycles. The number of rotatable bonds is 2. The number of anilines is 1. The van der Waals surface area contributed by atoms with E-state index >= 15 is 0 Å². The van der Waals surface area contributed by atoms with Crippen LogP contribution in [0.25, 0.3) is 6.08 Å². The summed E-state index contributed by atoms with van der Waals surface area (Å²) in [5, 5.41) is 13.3. The van der Waals surface area contributed by atoms with Crippen molar-refractivity contribution in [3.63, 3.8) is 0 Å². The fourth-order valence-electron chi connectivity index (χ4n) is 3.56. The fraction of sp³-hybridized carbons (Fsp3) is 0.320. The molecule has 1 aliphatic heterocycles. The summed E-state index contributed by atoms with van der Waals surface area (Å²) in [5.41, 5.74) is 1.37. The third-order valence-corrected chi connectivity index (χ3v) is 5.51. The Balaban J connectivity index is 2.17. The van der Waals surface area contributed by atoms with E-state index < -0.39 is 17.6 Å². The van der Waals surface area contributed by atoms with E-state index in [-0.39, 0.29) is 33.0 Å².